The van der Waals surface area contributed by atoms with Gasteiger partial charge in [0, 0.05) is 0 Å². The van der Waals surface area contributed by atoms with E-state index in [1.165, 1.54) is 62.5 Å². The zero-order valence-corrected chi connectivity index (χ0v) is 19.9. The lowest BCUT2D eigenvalue weighted by molar-refractivity contribution is 0.0385. The smallest absolute Gasteiger partial charge is 0.0583 e. The lowest BCUT2D eigenvalue weighted by Gasteiger charge is -2.48. The number of hydrogen-bond donors (Lipinski definition) is 1. The third-order valence-corrected chi connectivity index (χ3v) is 8.70. The summed E-state index contributed by atoms with van der Waals surface area (Å²) in [7, 11) is 0. The molecule has 29 heavy (non-hydrogen) atoms. The average Bonchev–Trinajstić information content (AvgIpc) is 3.00. The second-order valence-electron chi connectivity index (χ2n) is 11.8. The third kappa shape index (κ3) is 5.09. The van der Waals surface area contributed by atoms with Crippen molar-refractivity contribution in [3.05, 3.63) is 35.5 Å². The van der Waals surface area contributed by atoms with Crippen molar-refractivity contribution in [1.82, 2.24) is 0 Å². The van der Waals surface area contributed by atoms with E-state index in [4.69, 9.17) is 0 Å². The SMILES string of the molecule is C=C1CC[C@H](O)C/C1=C/C=C1CCC[C@@]2(C)C1CC[C@@H]2C(C)(C)CCCC(C)C. The van der Waals surface area contributed by atoms with Crippen LogP contribution in [0.1, 0.15) is 105 Å². The Morgan fingerprint density at radius 3 is 2.66 bits per heavy atom. The highest BCUT2D eigenvalue weighted by Gasteiger charge is 2.53. The molecule has 0 aromatic carbocycles. The van der Waals surface area contributed by atoms with Gasteiger partial charge in [0.25, 0.3) is 0 Å². The first-order valence-electron chi connectivity index (χ1n) is 12.4. The van der Waals surface area contributed by atoms with Gasteiger partial charge in [-0.2, -0.15) is 0 Å². The van der Waals surface area contributed by atoms with E-state index in [1.807, 2.05) is 0 Å². The van der Waals surface area contributed by atoms with Gasteiger partial charge in [0.05, 0.1) is 6.10 Å². The molecular formula is C28H46O. The summed E-state index contributed by atoms with van der Waals surface area (Å²) in [5, 5.41) is 10.1. The Morgan fingerprint density at radius 1 is 1.17 bits per heavy atom. The molecule has 0 spiro atoms. The van der Waals surface area contributed by atoms with Crippen LogP contribution in [0.2, 0.25) is 0 Å². The number of allylic oxidation sites excluding steroid dienone is 4. The van der Waals surface area contributed by atoms with Gasteiger partial charge in [-0.05, 0) is 91.9 Å². The molecule has 0 saturated heterocycles. The third-order valence-electron chi connectivity index (χ3n) is 8.70. The molecule has 0 amide bonds. The fourth-order valence-electron chi connectivity index (χ4n) is 7.06. The van der Waals surface area contributed by atoms with Crippen LogP contribution >= 0.6 is 0 Å². The zero-order chi connectivity index (χ0) is 21.2. The van der Waals surface area contributed by atoms with Crippen LogP contribution in [0, 0.1) is 28.6 Å². The van der Waals surface area contributed by atoms with Gasteiger partial charge >= 0.3 is 0 Å². The van der Waals surface area contributed by atoms with E-state index in [0.29, 0.717) is 10.8 Å². The van der Waals surface area contributed by atoms with Crippen molar-refractivity contribution < 1.29 is 5.11 Å². The van der Waals surface area contributed by atoms with Crippen molar-refractivity contribution in [2.45, 2.75) is 111 Å². The highest BCUT2D eigenvalue weighted by atomic mass is 16.3. The molecule has 0 aromatic heterocycles. The number of aliphatic hydroxyl groups is 1. The lowest BCUT2D eigenvalue weighted by Crippen LogP contribution is -2.40. The fourth-order valence-corrected chi connectivity index (χ4v) is 7.06. The van der Waals surface area contributed by atoms with Crippen molar-refractivity contribution in [3.63, 3.8) is 0 Å². The van der Waals surface area contributed by atoms with Crippen LogP contribution in [0.3, 0.4) is 0 Å². The van der Waals surface area contributed by atoms with Gasteiger partial charge in [-0.25, -0.2) is 0 Å². The summed E-state index contributed by atoms with van der Waals surface area (Å²) in [5.41, 5.74) is 5.11. The monoisotopic (exact) mass is 398 g/mol. The van der Waals surface area contributed by atoms with Gasteiger partial charge in [0.2, 0.25) is 0 Å². The average molecular weight is 399 g/mol. The Labute approximate surface area is 180 Å². The molecule has 1 N–H and O–H groups in total. The molecule has 1 unspecified atom stereocenters. The summed E-state index contributed by atoms with van der Waals surface area (Å²) in [4.78, 5) is 0. The van der Waals surface area contributed by atoms with Gasteiger partial charge in [-0.15, -0.1) is 0 Å². The standard InChI is InChI=1S/C28H46O/c1-20(2)9-7-17-27(4,5)26-16-15-25-22(10-8-18-28(25,26)6)12-13-23-19-24(29)14-11-21(23)3/h12-13,20,24-26,29H,3,7-11,14-19H2,1-2,4-6H3/b22-12?,23-13-/t24-,25?,26+,28-/m0/s1. The molecule has 3 fully saturated rings. The Kier molecular flexibility index (Phi) is 7.19. The van der Waals surface area contributed by atoms with E-state index < -0.39 is 0 Å². The van der Waals surface area contributed by atoms with E-state index in [9.17, 15) is 5.11 Å². The molecule has 3 rings (SSSR count). The Hall–Kier alpha value is -0.820. The summed E-state index contributed by atoms with van der Waals surface area (Å²) < 4.78 is 0. The van der Waals surface area contributed by atoms with Crippen LogP contribution in [0.5, 0.6) is 0 Å². The van der Waals surface area contributed by atoms with Gasteiger partial charge in [-0.1, -0.05) is 77.3 Å². The number of rotatable bonds is 6. The lowest BCUT2D eigenvalue weighted by atomic mass is 9.57. The summed E-state index contributed by atoms with van der Waals surface area (Å²) >= 11 is 0. The number of fused-ring (bicyclic) bond motifs is 1. The van der Waals surface area contributed by atoms with Crippen LogP contribution in [-0.4, -0.2) is 11.2 Å². The largest absolute Gasteiger partial charge is 0.393 e. The van der Waals surface area contributed by atoms with Gasteiger partial charge in [-0.3, -0.25) is 0 Å². The molecule has 3 aliphatic rings. The maximum Gasteiger partial charge on any atom is 0.0583 e. The molecular weight excluding hydrogens is 352 g/mol. The van der Waals surface area contributed by atoms with Crippen LogP contribution in [-0.2, 0) is 0 Å². The highest BCUT2D eigenvalue weighted by Crippen LogP contribution is 2.62. The minimum Gasteiger partial charge on any atom is -0.393 e. The van der Waals surface area contributed by atoms with E-state index >= 15 is 0 Å². The van der Waals surface area contributed by atoms with Crippen molar-refractivity contribution in [1.29, 1.82) is 0 Å². The van der Waals surface area contributed by atoms with Gasteiger partial charge < -0.3 is 5.11 Å². The normalized spacial score (nSPS) is 36.2. The van der Waals surface area contributed by atoms with Gasteiger partial charge in [0.15, 0.2) is 0 Å². The summed E-state index contributed by atoms with van der Waals surface area (Å²) in [6.45, 7) is 16.7. The second-order valence-corrected chi connectivity index (χ2v) is 11.8. The van der Waals surface area contributed by atoms with E-state index in [-0.39, 0.29) is 6.10 Å². The topological polar surface area (TPSA) is 20.2 Å². The zero-order valence-electron chi connectivity index (χ0n) is 19.9. The maximum atomic E-state index is 10.1. The molecule has 0 aromatic rings. The summed E-state index contributed by atoms with van der Waals surface area (Å²) in [5.74, 6) is 2.42. The Balaban J connectivity index is 1.75. The van der Waals surface area contributed by atoms with Crippen molar-refractivity contribution >= 4 is 0 Å². The van der Waals surface area contributed by atoms with Crippen LogP contribution < -0.4 is 0 Å². The fraction of sp³-hybridized carbons (Fsp3) is 0.786. The number of hydrogen-bond acceptors (Lipinski definition) is 1. The summed E-state index contributed by atoms with van der Waals surface area (Å²) in [6.07, 6.45) is 18.1. The Bertz CT molecular complexity index is 649. The van der Waals surface area contributed by atoms with Crippen molar-refractivity contribution in [3.8, 4) is 0 Å². The molecule has 1 heteroatoms. The molecule has 4 atom stereocenters. The van der Waals surface area contributed by atoms with Crippen LogP contribution in [0.4, 0.5) is 0 Å². The summed E-state index contributed by atoms with van der Waals surface area (Å²) in [6, 6.07) is 0. The van der Waals surface area contributed by atoms with E-state index in [1.54, 1.807) is 5.57 Å². The maximum absolute atomic E-state index is 10.1. The first-order valence-corrected chi connectivity index (χ1v) is 12.4. The first kappa shape index (κ1) is 22.9. The molecule has 0 heterocycles. The molecule has 0 radical (unpaired) electrons. The molecule has 164 valence electrons. The minimum absolute atomic E-state index is 0.177. The Morgan fingerprint density at radius 2 is 1.93 bits per heavy atom. The van der Waals surface area contributed by atoms with E-state index in [2.05, 4.69) is 53.3 Å². The predicted molar refractivity (Wildman–Crippen MR) is 126 cm³/mol. The van der Waals surface area contributed by atoms with Crippen molar-refractivity contribution in [2.75, 3.05) is 0 Å². The highest BCUT2D eigenvalue weighted by molar-refractivity contribution is 5.36. The minimum atomic E-state index is -0.177. The van der Waals surface area contributed by atoms with E-state index in [0.717, 1.165) is 37.0 Å². The van der Waals surface area contributed by atoms with Gasteiger partial charge in [0.1, 0.15) is 0 Å². The second kappa shape index (κ2) is 9.13. The number of aliphatic hydroxyl groups excluding tert-OH is 1. The molecule has 0 aliphatic heterocycles. The molecule has 3 saturated carbocycles. The predicted octanol–water partition coefficient (Wildman–Crippen LogP) is 8.01. The molecule has 1 nitrogen and oxygen atoms in total. The molecule has 3 aliphatic carbocycles. The first-order chi connectivity index (χ1) is 13.6. The quantitative estimate of drug-likeness (QED) is 0.480. The van der Waals surface area contributed by atoms with Crippen LogP contribution in [0.15, 0.2) is 35.5 Å². The molecule has 0 bridgehead atoms. The van der Waals surface area contributed by atoms with Crippen LogP contribution in [0.25, 0.3) is 0 Å². The van der Waals surface area contributed by atoms with Crippen molar-refractivity contribution in [2.24, 2.45) is 28.6 Å².